The Bertz CT molecular complexity index is 1100. The average Bonchev–Trinajstić information content (AvgIpc) is 2.75. The van der Waals surface area contributed by atoms with Crippen LogP contribution in [-0.4, -0.2) is 44.6 Å². The maximum atomic E-state index is 12.9. The monoisotopic (exact) mass is 488 g/mol. The third kappa shape index (κ3) is 4.92. The number of methoxy groups -OCH3 is 2. The smallest absolute Gasteiger partial charge is 0.343 e. The van der Waals surface area contributed by atoms with E-state index in [-0.39, 0.29) is 23.7 Å². The van der Waals surface area contributed by atoms with Crippen molar-refractivity contribution in [2.75, 3.05) is 25.7 Å². The van der Waals surface area contributed by atoms with Crippen molar-refractivity contribution in [1.82, 2.24) is 5.32 Å². The number of hydrogen-bond acceptors (Lipinski definition) is 7. The summed E-state index contributed by atoms with van der Waals surface area (Å²) in [6.07, 6.45) is 1.34. The highest BCUT2D eigenvalue weighted by atomic mass is 79.9. The van der Waals surface area contributed by atoms with Crippen molar-refractivity contribution in [3.05, 3.63) is 58.1 Å². The summed E-state index contributed by atoms with van der Waals surface area (Å²) in [7, 11) is 2.65. The predicted octanol–water partition coefficient (Wildman–Crippen LogP) is 2.68. The number of rotatable bonds is 6. The second-order valence-electron chi connectivity index (χ2n) is 6.21. The van der Waals surface area contributed by atoms with Crippen LogP contribution in [0, 0.1) is 0 Å². The molecule has 2 aromatic carbocycles. The lowest BCUT2D eigenvalue weighted by Crippen LogP contribution is -2.54. The zero-order valence-corrected chi connectivity index (χ0v) is 18.1. The Kier molecular flexibility index (Phi) is 6.71. The third-order valence-corrected chi connectivity index (χ3v) is 4.73. The fraction of sp³-hybridized carbons (Fsp3) is 0.143. The zero-order chi connectivity index (χ0) is 22.5. The van der Waals surface area contributed by atoms with E-state index in [9.17, 15) is 19.2 Å². The molecular formula is C21H17BrN2O7. The number of esters is 1. The second-order valence-corrected chi connectivity index (χ2v) is 7.13. The van der Waals surface area contributed by atoms with Gasteiger partial charge in [-0.05, 0) is 42.0 Å². The number of nitrogens with one attached hydrogen (secondary N) is 1. The Morgan fingerprint density at radius 1 is 1.10 bits per heavy atom. The molecular weight excluding hydrogens is 472 g/mol. The molecule has 0 spiro atoms. The minimum atomic E-state index is -0.839. The largest absolute Gasteiger partial charge is 0.493 e. The van der Waals surface area contributed by atoms with Crippen LogP contribution in [-0.2, 0) is 19.1 Å². The SMILES string of the molecule is COC(=O)COc1ccc(/C=C2\C(=O)NC(=O)N(c3cccc(Br)c3)C2=O)cc1OC. The normalized spacial score (nSPS) is 15.0. The topological polar surface area (TPSA) is 111 Å². The second kappa shape index (κ2) is 9.43. The van der Waals surface area contributed by atoms with E-state index in [2.05, 4.69) is 26.0 Å². The summed E-state index contributed by atoms with van der Waals surface area (Å²) in [5.41, 5.74) is 0.522. The highest BCUT2D eigenvalue weighted by Crippen LogP contribution is 2.30. The number of amides is 4. The molecule has 1 aliphatic rings. The summed E-state index contributed by atoms with van der Waals surface area (Å²) in [4.78, 5) is 49.7. The molecule has 0 saturated carbocycles. The van der Waals surface area contributed by atoms with Gasteiger partial charge in [0.15, 0.2) is 18.1 Å². The van der Waals surface area contributed by atoms with Crippen LogP contribution in [0.25, 0.3) is 6.08 Å². The number of benzene rings is 2. The lowest BCUT2D eigenvalue weighted by molar-refractivity contribution is -0.143. The maximum Gasteiger partial charge on any atom is 0.343 e. The Labute approximate surface area is 185 Å². The fourth-order valence-corrected chi connectivity index (χ4v) is 3.15. The van der Waals surface area contributed by atoms with Crippen molar-refractivity contribution >= 4 is 51.5 Å². The number of carbonyl (C=O) groups is 4. The van der Waals surface area contributed by atoms with E-state index >= 15 is 0 Å². The van der Waals surface area contributed by atoms with Gasteiger partial charge in [-0.3, -0.25) is 14.9 Å². The van der Waals surface area contributed by atoms with Crippen LogP contribution >= 0.6 is 15.9 Å². The van der Waals surface area contributed by atoms with Crippen molar-refractivity contribution < 1.29 is 33.4 Å². The van der Waals surface area contributed by atoms with Crippen molar-refractivity contribution in [1.29, 1.82) is 0 Å². The third-order valence-electron chi connectivity index (χ3n) is 4.24. The van der Waals surface area contributed by atoms with Crippen LogP contribution in [0.1, 0.15) is 5.56 Å². The van der Waals surface area contributed by atoms with Gasteiger partial charge in [0.1, 0.15) is 5.57 Å². The van der Waals surface area contributed by atoms with Crippen molar-refractivity contribution in [3.63, 3.8) is 0 Å². The van der Waals surface area contributed by atoms with Crippen LogP contribution in [0.4, 0.5) is 10.5 Å². The van der Waals surface area contributed by atoms with Gasteiger partial charge >= 0.3 is 12.0 Å². The number of carbonyl (C=O) groups excluding carboxylic acids is 4. The Hall–Kier alpha value is -3.66. The molecule has 2 aromatic rings. The standard InChI is InChI=1S/C21H17BrN2O7/c1-29-17-9-12(6-7-16(17)31-11-18(25)30-2)8-15-19(26)23-21(28)24(20(15)27)14-5-3-4-13(22)10-14/h3-10H,11H2,1-2H3,(H,23,26,28)/b15-8+. The molecule has 10 heteroatoms. The van der Waals surface area contributed by atoms with Crippen molar-refractivity contribution in [2.24, 2.45) is 0 Å². The number of barbiturate groups is 1. The van der Waals surface area contributed by atoms with E-state index in [1.807, 2.05) is 0 Å². The van der Waals surface area contributed by atoms with Gasteiger partial charge in [-0.2, -0.15) is 0 Å². The molecule has 0 aliphatic carbocycles. The molecule has 0 atom stereocenters. The van der Waals surface area contributed by atoms with Crippen LogP contribution in [0.5, 0.6) is 11.5 Å². The summed E-state index contributed by atoms with van der Waals surface area (Å²) in [6.45, 7) is -0.308. The number of ether oxygens (including phenoxy) is 3. The van der Waals surface area contributed by atoms with Gasteiger partial charge in [-0.1, -0.05) is 28.1 Å². The summed E-state index contributed by atoms with van der Waals surface area (Å²) in [5.74, 6) is -1.58. The average molecular weight is 489 g/mol. The van der Waals surface area contributed by atoms with Gasteiger partial charge in [-0.15, -0.1) is 0 Å². The molecule has 3 rings (SSSR count). The highest BCUT2D eigenvalue weighted by Gasteiger charge is 2.36. The first-order chi connectivity index (χ1) is 14.8. The van der Waals surface area contributed by atoms with Crippen LogP contribution in [0.15, 0.2) is 52.5 Å². The highest BCUT2D eigenvalue weighted by molar-refractivity contribution is 9.10. The molecule has 4 amide bonds. The molecule has 1 fully saturated rings. The molecule has 0 unspecified atom stereocenters. The first-order valence-electron chi connectivity index (χ1n) is 8.88. The van der Waals surface area contributed by atoms with Gasteiger partial charge in [0.05, 0.1) is 19.9 Å². The Morgan fingerprint density at radius 2 is 1.87 bits per heavy atom. The number of urea groups is 1. The molecule has 160 valence electrons. The zero-order valence-electron chi connectivity index (χ0n) is 16.5. The molecule has 1 saturated heterocycles. The van der Waals surface area contributed by atoms with Crippen LogP contribution in [0.2, 0.25) is 0 Å². The summed E-state index contributed by atoms with van der Waals surface area (Å²) in [6, 6.07) is 10.4. The molecule has 1 N–H and O–H groups in total. The summed E-state index contributed by atoms with van der Waals surface area (Å²) in [5, 5.41) is 2.16. The Balaban J connectivity index is 1.92. The number of nitrogens with zero attached hydrogens (tertiary/aromatic N) is 1. The van der Waals surface area contributed by atoms with E-state index in [0.717, 1.165) is 4.90 Å². The van der Waals surface area contributed by atoms with E-state index in [1.54, 1.807) is 30.3 Å². The molecule has 0 bridgehead atoms. The van der Waals surface area contributed by atoms with E-state index in [4.69, 9.17) is 9.47 Å². The summed E-state index contributed by atoms with van der Waals surface area (Å²) >= 11 is 3.29. The number of anilines is 1. The summed E-state index contributed by atoms with van der Waals surface area (Å²) < 4.78 is 15.8. The predicted molar refractivity (Wildman–Crippen MR) is 114 cm³/mol. The van der Waals surface area contributed by atoms with Gasteiger partial charge < -0.3 is 14.2 Å². The first-order valence-corrected chi connectivity index (χ1v) is 9.68. The van der Waals surface area contributed by atoms with Crippen molar-refractivity contribution in [3.8, 4) is 11.5 Å². The van der Waals surface area contributed by atoms with Crippen LogP contribution < -0.4 is 19.7 Å². The van der Waals surface area contributed by atoms with Gasteiger partial charge in [0.25, 0.3) is 11.8 Å². The lowest BCUT2D eigenvalue weighted by atomic mass is 10.1. The minimum absolute atomic E-state index is 0.232. The molecule has 0 radical (unpaired) electrons. The lowest BCUT2D eigenvalue weighted by Gasteiger charge is -2.26. The molecule has 1 heterocycles. The van der Waals surface area contributed by atoms with E-state index in [0.29, 0.717) is 15.7 Å². The van der Waals surface area contributed by atoms with E-state index in [1.165, 1.54) is 32.4 Å². The quantitative estimate of drug-likeness (QED) is 0.377. The molecule has 31 heavy (non-hydrogen) atoms. The van der Waals surface area contributed by atoms with Gasteiger partial charge in [-0.25, -0.2) is 14.5 Å². The molecule has 9 nitrogen and oxygen atoms in total. The first kappa shape index (κ1) is 22.0. The number of halogens is 1. The number of hydrogen-bond donors (Lipinski definition) is 1. The van der Waals surface area contributed by atoms with Gasteiger partial charge in [0, 0.05) is 4.47 Å². The fourth-order valence-electron chi connectivity index (χ4n) is 2.76. The minimum Gasteiger partial charge on any atom is -0.493 e. The molecule has 0 aromatic heterocycles. The Morgan fingerprint density at radius 3 is 2.55 bits per heavy atom. The molecule has 1 aliphatic heterocycles. The van der Waals surface area contributed by atoms with Crippen molar-refractivity contribution in [2.45, 2.75) is 0 Å². The number of imide groups is 2. The van der Waals surface area contributed by atoms with E-state index < -0.39 is 23.8 Å². The maximum absolute atomic E-state index is 12.9. The van der Waals surface area contributed by atoms with Crippen LogP contribution in [0.3, 0.4) is 0 Å². The van der Waals surface area contributed by atoms with Gasteiger partial charge in [0.2, 0.25) is 0 Å².